The number of halogens is 2. The van der Waals surface area contributed by atoms with Crippen LogP contribution in [0.5, 0.6) is 5.75 Å². The molecule has 4 rings (SSSR count). The summed E-state index contributed by atoms with van der Waals surface area (Å²) in [6, 6.07) is 26.3. The van der Waals surface area contributed by atoms with Crippen molar-refractivity contribution in [3.8, 4) is 5.75 Å². The average Bonchev–Trinajstić information content (AvgIpc) is 2.83. The minimum absolute atomic E-state index is 0.244. The molecular weight excluding hydrogens is 459 g/mol. The third kappa shape index (κ3) is 6.25. The molecular formula is C26H20Cl2N2O3. The van der Waals surface area contributed by atoms with Crippen molar-refractivity contribution in [3.05, 3.63) is 106 Å². The number of oxime groups is 1. The second-order valence-corrected chi connectivity index (χ2v) is 8.04. The quantitative estimate of drug-likeness (QED) is 0.226. The Morgan fingerprint density at radius 1 is 0.909 bits per heavy atom. The number of fused-ring (bicyclic) bond motifs is 1. The third-order valence-electron chi connectivity index (χ3n) is 4.82. The van der Waals surface area contributed by atoms with Crippen LogP contribution in [0.4, 0.5) is 5.69 Å². The summed E-state index contributed by atoms with van der Waals surface area (Å²) < 4.78 is 6.06. The highest BCUT2D eigenvalue weighted by atomic mass is 35.5. The lowest BCUT2D eigenvalue weighted by atomic mass is 10.1. The van der Waals surface area contributed by atoms with E-state index in [0.717, 1.165) is 16.3 Å². The topological polar surface area (TPSA) is 59.9 Å². The zero-order valence-corrected chi connectivity index (χ0v) is 19.0. The second kappa shape index (κ2) is 10.9. The summed E-state index contributed by atoms with van der Waals surface area (Å²) >= 11 is 12.0. The largest absolute Gasteiger partial charge is 0.488 e. The van der Waals surface area contributed by atoms with Crippen LogP contribution in [0.15, 0.2) is 90.1 Å². The Labute approximate surface area is 201 Å². The van der Waals surface area contributed by atoms with Crippen LogP contribution in [-0.4, -0.2) is 18.7 Å². The molecule has 0 radical (unpaired) electrons. The van der Waals surface area contributed by atoms with Crippen LogP contribution in [0.1, 0.15) is 11.1 Å². The molecule has 1 amide bonds. The minimum Gasteiger partial charge on any atom is -0.488 e. The molecule has 33 heavy (non-hydrogen) atoms. The van der Waals surface area contributed by atoms with Crippen molar-refractivity contribution in [2.45, 2.75) is 6.61 Å². The number of hydrogen-bond acceptors (Lipinski definition) is 4. The highest BCUT2D eigenvalue weighted by Gasteiger charge is 2.07. The standard InChI is InChI=1S/C26H20Cl2N2O3/c27-21-8-11-23(12-9-21)30-26(31)17-33-29-15-20-14-22(28)10-13-25(20)32-16-19-6-3-5-18-4-1-2-7-24(18)19/h1-15H,16-17H2,(H,30,31)/b29-15+. The van der Waals surface area contributed by atoms with Gasteiger partial charge in [0, 0.05) is 21.3 Å². The molecule has 0 unspecified atom stereocenters. The van der Waals surface area contributed by atoms with E-state index >= 15 is 0 Å². The van der Waals surface area contributed by atoms with Crippen LogP contribution in [0.2, 0.25) is 10.0 Å². The number of anilines is 1. The monoisotopic (exact) mass is 478 g/mol. The molecule has 0 aliphatic rings. The second-order valence-electron chi connectivity index (χ2n) is 7.17. The first kappa shape index (κ1) is 22.6. The van der Waals surface area contributed by atoms with Crippen LogP contribution >= 0.6 is 23.2 Å². The maximum atomic E-state index is 12.0. The maximum absolute atomic E-state index is 12.0. The lowest BCUT2D eigenvalue weighted by molar-refractivity contribution is -0.120. The zero-order chi connectivity index (χ0) is 23.0. The summed E-state index contributed by atoms with van der Waals surface area (Å²) in [5.74, 6) is 0.262. The van der Waals surface area contributed by atoms with Gasteiger partial charge in [0.15, 0.2) is 6.61 Å². The smallest absolute Gasteiger partial charge is 0.265 e. The fraction of sp³-hybridized carbons (Fsp3) is 0.0769. The van der Waals surface area contributed by atoms with E-state index in [-0.39, 0.29) is 12.5 Å². The molecule has 0 heterocycles. The Hall–Kier alpha value is -3.54. The molecule has 7 heteroatoms. The van der Waals surface area contributed by atoms with Gasteiger partial charge in [-0.1, -0.05) is 70.8 Å². The molecule has 0 aliphatic carbocycles. The van der Waals surface area contributed by atoms with E-state index in [1.54, 1.807) is 42.5 Å². The van der Waals surface area contributed by atoms with Gasteiger partial charge in [0.1, 0.15) is 12.4 Å². The molecule has 0 saturated carbocycles. The number of benzene rings is 4. The van der Waals surface area contributed by atoms with Crippen molar-refractivity contribution in [2.24, 2.45) is 5.16 Å². The third-order valence-corrected chi connectivity index (χ3v) is 5.31. The summed E-state index contributed by atoms with van der Waals surface area (Å²) in [5.41, 5.74) is 2.33. The molecule has 0 bridgehead atoms. The molecule has 0 saturated heterocycles. The lowest BCUT2D eigenvalue weighted by Gasteiger charge is -2.11. The summed E-state index contributed by atoms with van der Waals surface area (Å²) in [7, 11) is 0. The molecule has 166 valence electrons. The number of carbonyl (C=O) groups is 1. The van der Waals surface area contributed by atoms with Crippen LogP contribution in [-0.2, 0) is 16.2 Å². The van der Waals surface area contributed by atoms with E-state index in [4.69, 9.17) is 32.8 Å². The van der Waals surface area contributed by atoms with Crippen molar-refractivity contribution in [3.63, 3.8) is 0 Å². The van der Waals surface area contributed by atoms with Gasteiger partial charge >= 0.3 is 0 Å². The molecule has 5 nitrogen and oxygen atoms in total. The minimum atomic E-state index is -0.340. The summed E-state index contributed by atoms with van der Waals surface area (Å²) in [5, 5.41) is 10.0. The van der Waals surface area contributed by atoms with Gasteiger partial charge < -0.3 is 14.9 Å². The fourth-order valence-corrected chi connectivity index (χ4v) is 3.55. The van der Waals surface area contributed by atoms with Crippen molar-refractivity contribution >= 4 is 51.8 Å². The van der Waals surface area contributed by atoms with Gasteiger partial charge in [0.2, 0.25) is 0 Å². The van der Waals surface area contributed by atoms with Gasteiger partial charge in [0.25, 0.3) is 5.91 Å². The molecule has 0 fully saturated rings. The van der Waals surface area contributed by atoms with E-state index < -0.39 is 0 Å². The lowest BCUT2D eigenvalue weighted by Crippen LogP contribution is -2.16. The van der Waals surface area contributed by atoms with E-state index in [9.17, 15) is 4.79 Å². The van der Waals surface area contributed by atoms with Gasteiger partial charge in [-0.15, -0.1) is 0 Å². The van der Waals surface area contributed by atoms with Crippen LogP contribution in [0.3, 0.4) is 0 Å². The number of rotatable bonds is 8. The van der Waals surface area contributed by atoms with E-state index in [1.807, 2.05) is 24.3 Å². The van der Waals surface area contributed by atoms with Crippen LogP contribution in [0.25, 0.3) is 10.8 Å². The molecule has 0 spiro atoms. The number of nitrogens with zero attached hydrogens (tertiary/aromatic N) is 1. The Bertz CT molecular complexity index is 1290. The van der Waals surface area contributed by atoms with E-state index in [1.165, 1.54) is 6.21 Å². The number of amides is 1. The van der Waals surface area contributed by atoms with E-state index in [2.05, 4.69) is 28.7 Å². The first-order valence-electron chi connectivity index (χ1n) is 10.2. The van der Waals surface area contributed by atoms with Crippen molar-refractivity contribution in [1.29, 1.82) is 0 Å². The van der Waals surface area contributed by atoms with Gasteiger partial charge in [-0.3, -0.25) is 4.79 Å². The first-order chi connectivity index (χ1) is 16.1. The molecule has 0 atom stereocenters. The van der Waals surface area contributed by atoms with Crippen molar-refractivity contribution in [2.75, 3.05) is 11.9 Å². The Morgan fingerprint density at radius 3 is 2.52 bits per heavy atom. The van der Waals surface area contributed by atoms with Crippen molar-refractivity contribution in [1.82, 2.24) is 0 Å². The van der Waals surface area contributed by atoms with Crippen LogP contribution in [0, 0.1) is 0 Å². The highest BCUT2D eigenvalue weighted by molar-refractivity contribution is 6.31. The van der Waals surface area contributed by atoms with Gasteiger partial charge in [-0.25, -0.2) is 0 Å². The number of nitrogens with one attached hydrogen (secondary N) is 1. The predicted octanol–water partition coefficient (Wildman–Crippen LogP) is 6.71. The SMILES string of the molecule is O=C(CO/N=C/c1cc(Cl)ccc1OCc1cccc2ccccc12)Nc1ccc(Cl)cc1. The van der Waals surface area contributed by atoms with Gasteiger partial charge in [-0.2, -0.15) is 0 Å². The Kier molecular flexibility index (Phi) is 7.45. The van der Waals surface area contributed by atoms with Crippen LogP contribution < -0.4 is 10.1 Å². The molecule has 4 aromatic rings. The maximum Gasteiger partial charge on any atom is 0.265 e. The highest BCUT2D eigenvalue weighted by Crippen LogP contribution is 2.25. The van der Waals surface area contributed by atoms with Crippen molar-refractivity contribution < 1.29 is 14.4 Å². The van der Waals surface area contributed by atoms with Gasteiger partial charge in [-0.05, 0) is 58.8 Å². The molecule has 4 aromatic carbocycles. The normalized spacial score (nSPS) is 11.0. The fourth-order valence-electron chi connectivity index (χ4n) is 3.25. The summed E-state index contributed by atoms with van der Waals surface area (Å²) in [6.45, 7) is 0.139. The van der Waals surface area contributed by atoms with E-state index in [0.29, 0.717) is 33.7 Å². The molecule has 0 aliphatic heterocycles. The summed E-state index contributed by atoms with van der Waals surface area (Å²) in [4.78, 5) is 17.2. The summed E-state index contributed by atoms with van der Waals surface area (Å²) in [6.07, 6.45) is 1.47. The average molecular weight is 479 g/mol. The Morgan fingerprint density at radius 2 is 1.67 bits per heavy atom. The number of hydrogen-bond donors (Lipinski definition) is 1. The molecule has 0 aromatic heterocycles. The number of carbonyl (C=O) groups excluding carboxylic acids is 1. The Balaban J connectivity index is 1.37. The first-order valence-corrected chi connectivity index (χ1v) is 10.9. The molecule has 1 N–H and O–H groups in total. The van der Waals surface area contributed by atoms with Gasteiger partial charge in [0.05, 0.1) is 6.21 Å². The predicted molar refractivity (Wildman–Crippen MR) is 133 cm³/mol. The zero-order valence-electron chi connectivity index (χ0n) is 17.5. The number of ether oxygens (including phenoxy) is 1.